The molecule has 2 rings (SSSR count). The summed E-state index contributed by atoms with van der Waals surface area (Å²) in [4.78, 5) is 0.241. The SMILES string of the molecule is CNC(C)c1cccc(S(=O)(=O)Nc2cn(C)nc2C)c1. The van der Waals surface area contributed by atoms with Crippen molar-refractivity contribution in [2.75, 3.05) is 11.8 Å². The molecule has 0 saturated heterocycles. The molecule has 1 aromatic carbocycles. The smallest absolute Gasteiger partial charge is 0.262 e. The summed E-state index contributed by atoms with van der Waals surface area (Å²) in [5.74, 6) is 0. The molecule has 1 unspecified atom stereocenters. The Balaban J connectivity index is 2.33. The average Bonchev–Trinajstić information content (AvgIpc) is 2.75. The molecule has 0 radical (unpaired) electrons. The number of benzene rings is 1. The van der Waals surface area contributed by atoms with Gasteiger partial charge in [0.15, 0.2) is 0 Å². The van der Waals surface area contributed by atoms with Gasteiger partial charge in [0.2, 0.25) is 0 Å². The van der Waals surface area contributed by atoms with Gasteiger partial charge in [-0.2, -0.15) is 5.10 Å². The minimum atomic E-state index is -3.62. The third-order valence-corrected chi connectivity index (χ3v) is 4.72. The maximum Gasteiger partial charge on any atom is 0.262 e. The molecule has 0 saturated carbocycles. The van der Waals surface area contributed by atoms with Crippen LogP contribution in [0.1, 0.15) is 24.2 Å². The zero-order valence-corrected chi connectivity index (χ0v) is 13.4. The van der Waals surface area contributed by atoms with E-state index in [2.05, 4.69) is 15.1 Å². The first-order chi connectivity index (χ1) is 9.83. The number of sulfonamides is 1. The number of anilines is 1. The van der Waals surface area contributed by atoms with Gasteiger partial charge in [-0.3, -0.25) is 9.40 Å². The minimum absolute atomic E-state index is 0.0836. The standard InChI is InChI=1S/C14H20N4O2S/c1-10(15-3)12-6-5-7-13(8-12)21(19,20)17-14-9-18(4)16-11(14)2/h5-10,15,17H,1-4H3. The molecular weight excluding hydrogens is 288 g/mol. The molecule has 21 heavy (non-hydrogen) atoms. The van der Waals surface area contributed by atoms with E-state index >= 15 is 0 Å². The van der Waals surface area contributed by atoms with Crippen molar-refractivity contribution in [2.24, 2.45) is 7.05 Å². The van der Waals surface area contributed by atoms with Gasteiger partial charge in [0, 0.05) is 19.3 Å². The van der Waals surface area contributed by atoms with E-state index in [-0.39, 0.29) is 10.9 Å². The summed E-state index contributed by atoms with van der Waals surface area (Å²) in [6.07, 6.45) is 1.65. The molecule has 0 aliphatic rings. The number of aromatic nitrogens is 2. The highest BCUT2D eigenvalue weighted by atomic mass is 32.2. The molecular formula is C14H20N4O2S. The first-order valence-corrected chi connectivity index (χ1v) is 8.12. The summed E-state index contributed by atoms with van der Waals surface area (Å²) in [6.45, 7) is 3.74. The van der Waals surface area contributed by atoms with E-state index in [0.29, 0.717) is 11.4 Å². The van der Waals surface area contributed by atoms with Crippen molar-refractivity contribution >= 4 is 15.7 Å². The lowest BCUT2D eigenvalue weighted by atomic mass is 10.1. The predicted octanol–water partition coefficient (Wildman–Crippen LogP) is 1.81. The second-order valence-electron chi connectivity index (χ2n) is 4.99. The van der Waals surface area contributed by atoms with E-state index in [1.165, 1.54) is 0 Å². The summed E-state index contributed by atoms with van der Waals surface area (Å²) in [7, 11) is -0.0314. The number of nitrogens with one attached hydrogen (secondary N) is 2. The molecule has 0 aliphatic heterocycles. The lowest BCUT2D eigenvalue weighted by molar-refractivity contribution is 0.600. The Labute approximate surface area is 125 Å². The molecule has 1 heterocycles. The highest BCUT2D eigenvalue weighted by Crippen LogP contribution is 2.21. The third kappa shape index (κ3) is 3.43. The van der Waals surface area contributed by atoms with Crippen LogP contribution in [0, 0.1) is 6.92 Å². The maximum absolute atomic E-state index is 12.5. The zero-order valence-electron chi connectivity index (χ0n) is 12.6. The van der Waals surface area contributed by atoms with Gasteiger partial charge in [-0.25, -0.2) is 8.42 Å². The van der Waals surface area contributed by atoms with Gasteiger partial charge in [0.25, 0.3) is 10.0 Å². The lowest BCUT2D eigenvalue weighted by Gasteiger charge is -2.13. The summed E-state index contributed by atoms with van der Waals surface area (Å²) >= 11 is 0. The van der Waals surface area contributed by atoms with Crippen LogP contribution >= 0.6 is 0 Å². The fraction of sp³-hybridized carbons (Fsp3) is 0.357. The monoisotopic (exact) mass is 308 g/mol. The molecule has 0 aliphatic carbocycles. The van der Waals surface area contributed by atoms with E-state index in [4.69, 9.17) is 0 Å². The molecule has 1 aromatic heterocycles. The summed E-state index contributed by atoms with van der Waals surface area (Å²) in [6, 6.07) is 6.98. The Morgan fingerprint density at radius 3 is 2.62 bits per heavy atom. The van der Waals surface area contributed by atoms with Gasteiger partial charge in [0.05, 0.1) is 16.3 Å². The van der Waals surface area contributed by atoms with Crippen LogP contribution in [0.15, 0.2) is 35.4 Å². The molecule has 114 valence electrons. The number of hydrogen-bond donors (Lipinski definition) is 2. The molecule has 0 fully saturated rings. The minimum Gasteiger partial charge on any atom is -0.313 e. The number of hydrogen-bond acceptors (Lipinski definition) is 4. The van der Waals surface area contributed by atoms with Crippen LogP contribution in [-0.2, 0) is 17.1 Å². The van der Waals surface area contributed by atoms with Gasteiger partial charge >= 0.3 is 0 Å². The Hall–Kier alpha value is -1.86. The van der Waals surface area contributed by atoms with Crippen molar-refractivity contribution in [3.05, 3.63) is 41.7 Å². The van der Waals surface area contributed by atoms with Gasteiger partial charge < -0.3 is 5.32 Å². The fourth-order valence-corrected chi connectivity index (χ4v) is 3.18. The Morgan fingerprint density at radius 2 is 2.05 bits per heavy atom. The van der Waals surface area contributed by atoms with Crippen molar-refractivity contribution in [1.29, 1.82) is 0 Å². The van der Waals surface area contributed by atoms with Gasteiger partial charge in [-0.1, -0.05) is 12.1 Å². The van der Waals surface area contributed by atoms with Crippen LogP contribution in [-0.4, -0.2) is 25.2 Å². The lowest BCUT2D eigenvalue weighted by Crippen LogP contribution is -2.16. The van der Waals surface area contributed by atoms with Crippen molar-refractivity contribution < 1.29 is 8.42 Å². The molecule has 7 heteroatoms. The average molecular weight is 308 g/mol. The highest BCUT2D eigenvalue weighted by molar-refractivity contribution is 7.92. The van der Waals surface area contributed by atoms with Gasteiger partial charge in [0.1, 0.15) is 0 Å². The Bertz CT molecular complexity index is 737. The van der Waals surface area contributed by atoms with E-state index in [1.807, 2.05) is 20.0 Å². The molecule has 0 amide bonds. The van der Waals surface area contributed by atoms with Crippen molar-refractivity contribution in [1.82, 2.24) is 15.1 Å². The largest absolute Gasteiger partial charge is 0.313 e. The van der Waals surface area contributed by atoms with Crippen LogP contribution in [0.2, 0.25) is 0 Å². The van der Waals surface area contributed by atoms with Crippen LogP contribution in [0.25, 0.3) is 0 Å². The summed E-state index contributed by atoms with van der Waals surface area (Å²) < 4.78 is 29.1. The summed E-state index contributed by atoms with van der Waals surface area (Å²) in [5.41, 5.74) is 2.05. The number of rotatable bonds is 5. The third-order valence-electron chi connectivity index (χ3n) is 3.36. The van der Waals surface area contributed by atoms with E-state index < -0.39 is 10.0 Å². The van der Waals surface area contributed by atoms with Gasteiger partial charge in [-0.05, 0) is 38.6 Å². The Morgan fingerprint density at radius 1 is 1.33 bits per heavy atom. The second-order valence-corrected chi connectivity index (χ2v) is 6.67. The van der Waals surface area contributed by atoms with E-state index in [1.54, 1.807) is 43.0 Å². The second kappa shape index (κ2) is 5.87. The van der Waals surface area contributed by atoms with E-state index in [0.717, 1.165) is 5.56 Å². The highest BCUT2D eigenvalue weighted by Gasteiger charge is 2.17. The number of nitrogens with zero attached hydrogens (tertiary/aromatic N) is 2. The molecule has 2 N–H and O–H groups in total. The molecule has 2 aromatic rings. The number of aryl methyl sites for hydroxylation is 2. The molecule has 0 bridgehead atoms. The fourth-order valence-electron chi connectivity index (χ4n) is 2.02. The zero-order chi connectivity index (χ0) is 15.6. The normalized spacial score (nSPS) is 13.1. The van der Waals surface area contributed by atoms with Crippen molar-refractivity contribution in [3.63, 3.8) is 0 Å². The maximum atomic E-state index is 12.5. The predicted molar refractivity (Wildman–Crippen MR) is 82.7 cm³/mol. The first kappa shape index (κ1) is 15.5. The Kier molecular flexibility index (Phi) is 4.34. The molecule has 0 spiro atoms. The van der Waals surface area contributed by atoms with Crippen LogP contribution in [0.3, 0.4) is 0 Å². The van der Waals surface area contributed by atoms with Gasteiger partial charge in [-0.15, -0.1) is 0 Å². The van der Waals surface area contributed by atoms with Crippen molar-refractivity contribution in [2.45, 2.75) is 24.8 Å². The van der Waals surface area contributed by atoms with Crippen LogP contribution in [0.5, 0.6) is 0 Å². The molecule has 6 nitrogen and oxygen atoms in total. The quantitative estimate of drug-likeness (QED) is 0.883. The summed E-state index contributed by atoms with van der Waals surface area (Å²) in [5, 5.41) is 7.22. The molecule has 1 atom stereocenters. The van der Waals surface area contributed by atoms with Crippen LogP contribution in [0.4, 0.5) is 5.69 Å². The van der Waals surface area contributed by atoms with E-state index in [9.17, 15) is 8.42 Å². The van der Waals surface area contributed by atoms with Crippen LogP contribution < -0.4 is 10.0 Å². The first-order valence-electron chi connectivity index (χ1n) is 6.64. The topological polar surface area (TPSA) is 76.0 Å². The van der Waals surface area contributed by atoms with Crippen molar-refractivity contribution in [3.8, 4) is 0 Å².